The summed E-state index contributed by atoms with van der Waals surface area (Å²) < 4.78 is 12.0. The summed E-state index contributed by atoms with van der Waals surface area (Å²) in [4.78, 5) is 28.6. The number of ether oxygens (including phenoxy) is 2. The number of nitrogens with zero attached hydrogens (tertiary/aromatic N) is 2. The van der Waals surface area contributed by atoms with E-state index < -0.39 is 12.2 Å². The fourth-order valence-corrected chi connectivity index (χ4v) is 4.99. The molecule has 1 fully saturated rings. The van der Waals surface area contributed by atoms with Crippen LogP contribution in [0.4, 0.5) is 5.69 Å². The molecule has 2 aromatic heterocycles. The number of aliphatic hydroxyl groups excluding tert-OH is 1. The molecule has 1 aliphatic heterocycles. The number of fused-ring (bicyclic) bond motifs is 1. The van der Waals surface area contributed by atoms with Crippen LogP contribution in [0.15, 0.2) is 97.3 Å². The zero-order valence-corrected chi connectivity index (χ0v) is 23.5. The van der Waals surface area contributed by atoms with Crippen LogP contribution in [0.2, 0.25) is 0 Å². The van der Waals surface area contributed by atoms with Crippen molar-refractivity contribution >= 4 is 22.5 Å². The normalized spacial score (nSPS) is 14.8. The Morgan fingerprint density at radius 3 is 2.40 bits per heavy atom. The minimum absolute atomic E-state index is 0.0733. The minimum atomic E-state index is -0.506. The lowest BCUT2D eigenvalue weighted by molar-refractivity contribution is -0.186. The maximum Gasteiger partial charge on any atom is 0.279 e. The van der Waals surface area contributed by atoms with E-state index in [-0.39, 0.29) is 12.2 Å². The van der Waals surface area contributed by atoms with E-state index in [9.17, 15) is 4.79 Å². The molecule has 0 saturated carbocycles. The Hall–Kier alpha value is -4.83. The molecule has 0 bridgehead atoms. The molecule has 1 saturated heterocycles. The molecule has 43 heavy (non-hydrogen) atoms. The van der Waals surface area contributed by atoms with Crippen LogP contribution in [0.3, 0.4) is 0 Å². The van der Waals surface area contributed by atoms with Crippen molar-refractivity contribution in [2.24, 2.45) is 0 Å². The first-order chi connectivity index (χ1) is 21.2. The number of aromatic nitrogens is 2. The Labute approximate surface area is 249 Å². The number of anilines is 1. The smallest absolute Gasteiger partial charge is 0.279 e. The van der Waals surface area contributed by atoms with E-state index in [1.165, 1.54) is 0 Å². The van der Waals surface area contributed by atoms with Gasteiger partial charge in [0.05, 0.1) is 17.7 Å². The summed E-state index contributed by atoms with van der Waals surface area (Å²) in [7, 11) is 0. The number of hydroxylamine groups is 1. The molecule has 218 valence electrons. The molecule has 3 heterocycles. The van der Waals surface area contributed by atoms with E-state index in [1.54, 1.807) is 18.5 Å². The van der Waals surface area contributed by atoms with Gasteiger partial charge in [0.2, 0.25) is 0 Å². The van der Waals surface area contributed by atoms with Crippen LogP contribution in [0, 0.1) is 0 Å². The highest BCUT2D eigenvalue weighted by molar-refractivity contribution is 6.10. The topological polar surface area (TPSA) is 115 Å². The average Bonchev–Trinajstić information content (AvgIpc) is 3.07. The highest BCUT2D eigenvalue weighted by Crippen LogP contribution is 2.39. The maximum absolute atomic E-state index is 13.8. The molecule has 1 aliphatic rings. The van der Waals surface area contributed by atoms with Gasteiger partial charge in [0.25, 0.3) is 5.91 Å². The van der Waals surface area contributed by atoms with Crippen molar-refractivity contribution in [3.8, 4) is 33.9 Å². The number of pyridine rings is 2. The monoisotopic (exact) mass is 576 g/mol. The summed E-state index contributed by atoms with van der Waals surface area (Å²) in [5.41, 5.74) is 7.75. The van der Waals surface area contributed by atoms with E-state index in [2.05, 4.69) is 15.8 Å². The molecule has 1 atom stereocenters. The lowest BCUT2D eigenvalue weighted by atomic mass is 9.99. The first-order valence-corrected chi connectivity index (χ1v) is 14.3. The van der Waals surface area contributed by atoms with Gasteiger partial charge in [-0.1, -0.05) is 54.6 Å². The predicted octanol–water partition coefficient (Wildman–Crippen LogP) is 6.35. The third kappa shape index (κ3) is 6.65. The van der Waals surface area contributed by atoms with Gasteiger partial charge in [0.15, 0.2) is 12.0 Å². The molecule has 3 aromatic carbocycles. The van der Waals surface area contributed by atoms with Gasteiger partial charge >= 0.3 is 0 Å². The fraction of sp³-hybridized carbons (Fsp3) is 0.206. The van der Waals surface area contributed by atoms with Crippen molar-refractivity contribution in [1.29, 1.82) is 0 Å². The molecule has 6 rings (SSSR count). The lowest BCUT2D eigenvalue weighted by Gasteiger charge is -2.23. The lowest BCUT2D eigenvalue weighted by Crippen LogP contribution is -2.33. The molecule has 9 heteroatoms. The van der Waals surface area contributed by atoms with Gasteiger partial charge in [-0.3, -0.25) is 9.78 Å². The molecule has 0 radical (unpaired) electrons. The number of hydrogen-bond donors (Lipinski definition) is 3. The number of hydrogen-bond acceptors (Lipinski definition) is 8. The molecular weight excluding hydrogens is 544 g/mol. The standard InChI is InChI=1S/C34H32N4O5/c39-20-19-36-26-15-13-24(14-16-26)23-9-11-25(12-10-23)32-33(42-27-6-2-1-3-7-27)31(28-22-35-18-17-29(28)37-32)34(40)38-43-30-8-4-5-21-41-30/h1-3,6-7,9-18,22,30,36,39H,4-5,8,19-21H2,(H,38,40). The minimum Gasteiger partial charge on any atom is -0.454 e. The zero-order valence-electron chi connectivity index (χ0n) is 23.5. The van der Waals surface area contributed by atoms with E-state index in [4.69, 9.17) is 24.4 Å². The summed E-state index contributed by atoms with van der Waals surface area (Å²) in [5, 5.41) is 12.8. The number of amides is 1. The van der Waals surface area contributed by atoms with Gasteiger partial charge in [-0.05, 0) is 54.3 Å². The Balaban J connectivity index is 1.39. The average molecular weight is 577 g/mol. The van der Waals surface area contributed by atoms with Crippen LogP contribution in [-0.4, -0.2) is 47.0 Å². The molecule has 1 unspecified atom stereocenters. The van der Waals surface area contributed by atoms with Crippen LogP contribution in [0.5, 0.6) is 11.5 Å². The van der Waals surface area contributed by atoms with Crippen LogP contribution in [-0.2, 0) is 9.57 Å². The third-order valence-electron chi connectivity index (χ3n) is 7.17. The van der Waals surface area contributed by atoms with Gasteiger partial charge in [0.1, 0.15) is 11.4 Å². The van der Waals surface area contributed by atoms with Crippen molar-refractivity contribution < 1.29 is 24.2 Å². The zero-order chi connectivity index (χ0) is 29.4. The number of aliphatic hydroxyl groups is 1. The molecule has 1 amide bonds. The third-order valence-corrected chi connectivity index (χ3v) is 7.17. The summed E-state index contributed by atoms with van der Waals surface area (Å²) in [5.74, 6) is 0.378. The summed E-state index contributed by atoms with van der Waals surface area (Å²) in [6, 6.07) is 27.0. The molecule has 0 aliphatic carbocycles. The van der Waals surface area contributed by atoms with Gasteiger partial charge in [-0.15, -0.1) is 0 Å². The van der Waals surface area contributed by atoms with Gasteiger partial charge in [-0.25, -0.2) is 15.3 Å². The molecule has 9 nitrogen and oxygen atoms in total. The van der Waals surface area contributed by atoms with Gasteiger partial charge < -0.3 is 19.9 Å². The Bertz CT molecular complexity index is 1670. The Kier molecular flexibility index (Phi) is 8.84. The second-order valence-electron chi connectivity index (χ2n) is 10.1. The maximum atomic E-state index is 13.8. The largest absolute Gasteiger partial charge is 0.454 e. The SMILES string of the molecule is O=C(NOC1CCCCO1)c1c(Oc2ccccc2)c(-c2ccc(-c3ccc(NCCO)cc3)cc2)nc2ccncc12. The first-order valence-electron chi connectivity index (χ1n) is 14.3. The van der Waals surface area contributed by atoms with Crippen LogP contribution in [0.25, 0.3) is 33.3 Å². The predicted molar refractivity (Wildman–Crippen MR) is 165 cm³/mol. The van der Waals surface area contributed by atoms with Crippen molar-refractivity contribution in [2.45, 2.75) is 25.6 Å². The quantitative estimate of drug-likeness (QED) is 0.165. The van der Waals surface area contributed by atoms with E-state index in [1.807, 2.05) is 78.9 Å². The first kappa shape index (κ1) is 28.3. The van der Waals surface area contributed by atoms with E-state index >= 15 is 0 Å². The number of nitrogens with one attached hydrogen (secondary N) is 2. The van der Waals surface area contributed by atoms with Crippen molar-refractivity contribution in [3.05, 3.63) is 103 Å². The van der Waals surface area contributed by atoms with Crippen LogP contribution in [0.1, 0.15) is 29.6 Å². The van der Waals surface area contributed by atoms with E-state index in [0.29, 0.717) is 47.7 Å². The van der Waals surface area contributed by atoms with Crippen LogP contribution >= 0.6 is 0 Å². The number of rotatable bonds is 10. The van der Waals surface area contributed by atoms with Gasteiger partial charge in [-0.2, -0.15) is 0 Å². The molecule has 0 spiro atoms. The van der Waals surface area contributed by atoms with Crippen LogP contribution < -0.4 is 15.5 Å². The Morgan fingerprint density at radius 2 is 1.67 bits per heavy atom. The number of carbonyl (C=O) groups is 1. The number of para-hydroxylation sites is 1. The number of benzene rings is 3. The van der Waals surface area contributed by atoms with Gasteiger partial charge in [0, 0.05) is 48.6 Å². The fourth-order valence-electron chi connectivity index (χ4n) is 4.99. The molecule has 3 N–H and O–H groups in total. The second kappa shape index (κ2) is 13.4. The molecule has 5 aromatic rings. The highest BCUT2D eigenvalue weighted by Gasteiger charge is 2.26. The van der Waals surface area contributed by atoms with Crippen molar-refractivity contribution in [3.63, 3.8) is 0 Å². The summed E-state index contributed by atoms with van der Waals surface area (Å²) >= 11 is 0. The van der Waals surface area contributed by atoms with Crippen molar-refractivity contribution in [2.75, 3.05) is 25.1 Å². The number of carbonyl (C=O) groups excluding carboxylic acids is 1. The van der Waals surface area contributed by atoms with Crippen molar-refractivity contribution in [1.82, 2.24) is 15.4 Å². The summed E-state index contributed by atoms with van der Waals surface area (Å²) in [6.45, 7) is 1.16. The molecular formula is C34H32N4O5. The van der Waals surface area contributed by atoms with E-state index in [0.717, 1.165) is 35.2 Å². The Morgan fingerprint density at radius 1 is 0.930 bits per heavy atom. The highest BCUT2D eigenvalue weighted by atomic mass is 16.8. The summed E-state index contributed by atoms with van der Waals surface area (Å²) in [6.07, 6.45) is 5.39. The second-order valence-corrected chi connectivity index (χ2v) is 10.1.